The molecule has 0 aromatic carbocycles. The normalized spacial score (nSPS) is 16.5. The van der Waals surface area contributed by atoms with E-state index in [4.69, 9.17) is 4.74 Å². The molecule has 3 heterocycles. The molecule has 24 heavy (non-hydrogen) atoms. The highest BCUT2D eigenvalue weighted by molar-refractivity contribution is 5.94. The summed E-state index contributed by atoms with van der Waals surface area (Å²) in [6, 6.07) is 3.64. The summed E-state index contributed by atoms with van der Waals surface area (Å²) in [7, 11) is 0. The van der Waals surface area contributed by atoms with Crippen LogP contribution >= 0.6 is 0 Å². The highest BCUT2D eigenvalue weighted by Gasteiger charge is 2.16. The molecule has 2 aromatic rings. The van der Waals surface area contributed by atoms with E-state index in [1.165, 1.54) is 6.33 Å². The fourth-order valence-corrected chi connectivity index (χ4v) is 2.65. The fraction of sp³-hybridized carbons (Fsp3) is 0.412. The molecule has 1 N–H and O–H groups in total. The zero-order valence-corrected chi connectivity index (χ0v) is 13.7. The Bertz CT molecular complexity index is 656. The van der Waals surface area contributed by atoms with Crippen LogP contribution < -0.4 is 5.32 Å². The summed E-state index contributed by atoms with van der Waals surface area (Å²) in [6.07, 6.45) is 6.44. The maximum absolute atomic E-state index is 12.3. The molecule has 1 amide bonds. The summed E-state index contributed by atoms with van der Waals surface area (Å²) < 4.78 is 5.33. The number of carbonyl (C=O) groups is 1. The molecule has 1 fully saturated rings. The summed E-state index contributed by atoms with van der Waals surface area (Å²) in [4.78, 5) is 26.9. The Morgan fingerprint density at radius 1 is 1.25 bits per heavy atom. The maximum Gasteiger partial charge on any atom is 0.253 e. The molecule has 0 bridgehead atoms. The lowest BCUT2D eigenvalue weighted by atomic mass is 10.1. The number of carbonyl (C=O) groups excluding carboxylic acids is 1. The van der Waals surface area contributed by atoms with Crippen LogP contribution in [-0.4, -0.2) is 64.6 Å². The van der Waals surface area contributed by atoms with E-state index >= 15 is 0 Å². The topological polar surface area (TPSA) is 80.2 Å². The Hall–Kier alpha value is -2.38. The predicted octanol–water partition coefficient (Wildman–Crippen LogP) is 0.989. The van der Waals surface area contributed by atoms with E-state index in [-0.39, 0.29) is 11.9 Å². The summed E-state index contributed by atoms with van der Waals surface area (Å²) in [5.41, 5.74) is 2.11. The summed E-state index contributed by atoms with van der Waals surface area (Å²) >= 11 is 0. The monoisotopic (exact) mass is 327 g/mol. The van der Waals surface area contributed by atoms with Crippen molar-refractivity contribution in [2.45, 2.75) is 13.0 Å². The third-order valence-corrected chi connectivity index (χ3v) is 3.90. The van der Waals surface area contributed by atoms with Gasteiger partial charge in [-0.25, -0.2) is 9.97 Å². The second kappa shape index (κ2) is 7.94. The molecule has 1 saturated heterocycles. The molecule has 1 aliphatic rings. The van der Waals surface area contributed by atoms with Gasteiger partial charge in [-0.15, -0.1) is 0 Å². The van der Waals surface area contributed by atoms with Crippen molar-refractivity contribution in [3.8, 4) is 11.3 Å². The van der Waals surface area contributed by atoms with Crippen molar-refractivity contribution in [2.24, 2.45) is 0 Å². The van der Waals surface area contributed by atoms with Crippen LogP contribution in [0.1, 0.15) is 17.3 Å². The lowest BCUT2D eigenvalue weighted by Gasteiger charge is -2.29. The first-order valence-corrected chi connectivity index (χ1v) is 8.05. The van der Waals surface area contributed by atoms with Gasteiger partial charge in [-0.3, -0.25) is 14.7 Å². The summed E-state index contributed by atoms with van der Waals surface area (Å²) in [5.74, 6) is -0.112. The summed E-state index contributed by atoms with van der Waals surface area (Å²) in [5, 5.41) is 3.02. The smallest absolute Gasteiger partial charge is 0.253 e. The largest absolute Gasteiger partial charge is 0.379 e. The zero-order chi connectivity index (χ0) is 16.8. The lowest BCUT2D eigenvalue weighted by molar-refractivity contribution is 0.0342. The number of hydrogen-bond acceptors (Lipinski definition) is 6. The first-order chi connectivity index (χ1) is 11.7. The molecule has 0 saturated carbocycles. The van der Waals surface area contributed by atoms with E-state index in [1.807, 2.05) is 6.92 Å². The highest BCUT2D eigenvalue weighted by Crippen LogP contribution is 2.14. The Balaban J connectivity index is 1.56. The highest BCUT2D eigenvalue weighted by atomic mass is 16.5. The third-order valence-electron chi connectivity index (χ3n) is 3.90. The first kappa shape index (κ1) is 16.5. The van der Waals surface area contributed by atoms with Gasteiger partial charge in [0.15, 0.2) is 0 Å². The van der Waals surface area contributed by atoms with Crippen LogP contribution in [0.4, 0.5) is 0 Å². The van der Waals surface area contributed by atoms with E-state index in [9.17, 15) is 4.79 Å². The van der Waals surface area contributed by atoms with Crippen LogP contribution in [0.15, 0.2) is 37.1 Å². The van der Waals surface area contributed by atoms with E-state index in [2.05, 4.69) is 25.2 Å². The van der Waals surface area contributed by atoms with Crippen LogP contribution in [0.3, 0.4) is 0 Å². The quantitative estimate of drug-likeness (QED) is 0.882. The van der Waals surface area contributed by atoms with Crippen molar-refractivity contribution in [3.63, 3.8) is 0 Å². The number of hydrogen-bond donors (Lipinski definition) is 1. The van der Waals surface area contributed by atoms with E-state index in [1.54, 1.807) is 30.7 Å². The standard InChI is InChI=1S/C17H21N5O2/c1-13(11-22-4-6-24-7-5-22)21-17(23)14-2-3-16(20-10-14)15-8-18-12-19-9-15/h2-3,8-10,12-13H,4-7,11H2,1H3,(H,21,23). The summed E-state index contributed by atoms with van der Waals surface area (Å²) in [6.45, 7) is 6.17. The molecular weight excluding hydrogens is 306 g/mol. The first-order valence-electron chi connectivity index (χ1n) is 8.05. The molecule has 1 unspecified atom stereocenters. The van der Waals surface area contributed by atoms with Crippen LogP contribution in [0.5, 0.6) is 0 Å². The van der Waals surface area contributed by atoms with Gasteiger partial charge in [0, 0.05) is 49.8 Å². The SMILES string of the molecule is CC(CN1CCOCC1)NC(=O)c1ccc(-c2cncnc2)nc1. The van der Waals surface area contributed by atoms with E-state index in [0.29, 0.717) is 5.56 Å². The third kappa shape index (κ3) is 4.33. The van der Waals surface area contributed by atoms with Crippen molar-refractivity contribution in [2.75, 3.05) is 32.8 Å². The number of nitrogens with one attached hydrogen (secondary N) is 1. The molecule has 1 aliphatic heterocycles. The molecule has 3 rings (SSSR count). The van der Waals surface area contributed by atoms with Crippen molar-refractivity contribution in [1.29, 1.82) is 0 Å². The Labute approximate surface area is 141 Å². The zero-order valence-electron chi connectivity index (χ0n) is 13.7. The second-order valence-electron chi connectivity index (χ2n) is 5.85. The minimum atomic E-state index is -0.112. The Kier molecular flexibility index (Phi) is 5.45. The second-order valence-corrected chi connectivity index (χ2v) is 5.85. The number of nitrogens with zero attached hydrogens (tertiary/aromatic N) is 4. The molecule has 0 radical (unpaired) electrons. The average Bonchev–Trinajstić information content (AvgIpc) is 2.63. The van der Waals surface area contributed by atoms with Gasteiger partial charge in [-0.2, -0.15) is 0 Å². The number of morpholine rings is 1. The molecule has 0 aliphatic carbocycles. The van der Waals surface area contributed by atoms with Crippen molar-refractivity contribution < 1.29 is 9.53 Å². The fourth-order valence-electron chi connectivity index (χ4n) is 2.65. The van der Waals surface area contributed by atoms with Crippen LogP contribution in [0.2, 0.25) is 0 Å². The van der Waals surface area contributed by atoms with Crippen LogP contribution in [0, 0.1) is 0 Å². The molecule has 0 spiro atoms. The number of aromatic nitrogens is 3. The molecule has 1 atom stereocenters. The molecule has 126 valence electrons. The van der Waals surface area contributed by atoms with Gasteiger partial charge >= 0.3 is 0 Å². The lowest BCUT2D eigenvalue weighted by Crippen LogP contribution is -2.46. The van der Waals surface area contributed by atoms with Crippen molar-refractivity contribution in [1.82, 2.24) is 25.2 Å². The number of rotatable bonds is 5. The van der Waals surface area contributed by atoms with Crippen molar-refractivity contribution >= 4 is 5.91 Å². The van der Waals surface area contributed by atoms with Crippen molar-refractivity contribution in [3.05, 3.63) is 42.6 Å². The van der Waals surface area contributed by atoms with Gasteiger partial charge < -0.3 is 10.1 Å². The Morgan fingerprint density at radius 2 is 2.00 bits per heavy atom. The predicted molar refractivity (Wildman–Crippen MR) is 89.5 cm³/mol. The van der Waals surface area contributed by atoms with Gasteiger partial charge in [0.2, 0.25) is 0 Å². The molecular formula is C17H21N5O2. The molecule has 7 heteroatoms. The van der Waals surface area contributed by atoms with E-state index < -0.39 is 0 Å². The molecule has 7 nitrogen and oxygen atoms in total. The van der Waals surface area contributed by atoms with Gasteiger partial charge in [-0.1, -0.05) is 0 Å². The van der Waals surface area contributed by atoms with E-state index in [0.717, 1.165) is 44.1 Å². The number of amides is 1. The Morgan fingerprint density at radius 3 is 2.67 bits per heavy atom. The molecule has 2 aromatic heterocycles. The maximum atomic E-state index is 12.3. The average molecular weight is 327 g/mol. The van der Waals surface area contributed by atoms with Crippen LogP contribution in [-0.2, 0) is 4.74 Å². The van der Waals surface area contributed by atoms with Gasteiger partial charge in [-0.05, 0) is 19.1 Å². The van der Waals surface area contributed by atoms with Gasteiger partial charge in [0.1, 0.15) is 6.33 Å². The minimum Gasteiger partial charge on any atom is -0.379 e. The van der Waals surface area contributed by atoms with Crippen LogP contribution in [0.25, 0.3) is 11.3 Å². The van der Waals surface area contributed by atoms with Gasteiger partial charge in [0.25, 0.3) is 5.91 Å². The minimum absolute atomic E-state index is 0.0674. The van der Waals surface area contributed by atoms with Gasteiger partial charge in [0.05, 0.1) is 24.5 Å². The number of pyridine rings is 1. The number of ether oxygens (including phenoxy) is 1.